The molecule has 0 spiro atoms. The Bertz CT molecular complexity index is 820. The normalized spacial score (nSPS) is 19.3. The van der Waals surface area contributed by atoms with Gasteiger partial charge in [-0.25, -0.2) is 0 Å². The number of hydrogen-bond donors (Lipinski definition) is 1. The van der Waals surface area contributed by atoms with Crippen LogP contribution in [-0.4, -0.2) is 43.0 Å². The van der Waals surface area contributed by atoms with Crippen LogP contribution >= 0.6 is 11.6 Å². The van der Waals surface area contributed by atoms with Crippen molar-refractivity contribution in [3.05, 3.63) is 59.7 Å². The largest absolute Gasteiger partial charge is 0.508 e. The molecule has 0 bridgehead atoms. The van der Waals surface area contributed by atoms with E-state index in [1.807, 2.05) is 0 Å². The van der Waals surface area contributed by atoms with E-state index in [0.29, 0.717) is 31.3 Å². The van der Waals surface area contributed by atoms with Crippen molar-refractivity contribution < 1.29 is 45.7 Å². The van der Waals surface area contributed by atoms with Gasteiger partial charge < -0.3 is 19.3 Å². The number of alkyl halides is 7. The Balaban J connectivity index is 0.000000186. The first-order valence-electron chi connectivity index (χ1n) is 8.94. The summed E-state index contributed by atoms with van der Waals surface area (Å²) in [6.07, 6.45) is -8.26. The zero-order valence-corrected chi connectivity index (χ0v) is 16.7. The van der Waals surface area contributed by atoms with Crippen LogP contribution in [0.1, 0.15) is 11.1 Å². The lowest BCUT2D eigenvalue weighted by Gasteiger charge is -2.09. The molecule has 2 fully saturated rings. The van der Waals surface area contributed by atoms with Crippen molar-refractivity contribution in [2.75, 3.05) is 25.7 Å². The first kappa shape index (κ1) is 25.1. The molecule has 2 saturated heterocycles. The zero-order valence-electron chi connectivity index (χ0n) is 15.9. The number of phenolic OH excluding ortho intramolecular Hbond substituents is 1. The maximum atomic E-state index is 12.3. The molecule has 31 heavy (non-hydrogen) atoms. The molecule has 2 aliphatic rings. The number of rotatable bonds is 4. The Hall–Kier alpha value is -2.17. The van der Waals surface area contributed by atoms with E-state index < -0.39 is 23.5 Å². The van der Waals surface area contributed by atoms with Crippen LogP contribution in [-0.2, 0) is 21.8 Å². The number of halogens is 7. The van der Waals surface area contributed by atoms with Crippen LogP contribution in [0.4, 0.5) is 26.3 Å². The molecule has 0 amide bonds. The van der Waals surface area contributed by atoms with E-state index in [9.17, 15) is 26.3 Å². The lowest BCUT2D eigenvalue weighted by molar-refractivity contribution is -0.138. The summed E-state index contributed by atoms with van der Waals surface area (Å²) in [4.78, 5) is 0. The molecule has 2 aromatic rings. The Morgan fingerprint density at radius 1 is 0.871 bits per heavy atom. The van der Waals surface area contributed by atoms with Gasteiger partial charge in [-0.15, -0.1) is 11.6 Å². The van der Waals surface area contributed by atoms with E-state index in [0.717, 1.165) is 30.9 Å². The number of aromatic hydroxyl groups is 1. The van der Waals surface area contributed by atoms with Gasteiger partial charge >= 0.3 is 12.4 Å². The van der Waals surface area contributed by atoms with Crippen molar-refractivity contribution in [1.82, 2.24) is 0 Å². The van der Waals surface area contributed by atoms with Gasteiger partial charge in [0.15, 0.2) is 0 Å². The predicted octanol–water partition coefficient (Wildman–Crippen LogP) is 5.52. The summed E-state index contributed by atoms with van der Waals surface area (Å²) in [5, 5.41) is 8.68. The Morgan fingerprint density at radius 3 is 1.77 bits per heavy atom. The molecule has 2 atom stereocenters. The van der Waals surface area contributed by atoms with Gasteiger partial charge in [-0.05, 0) is 36.4 Å². The average Bonchev–Trinajstić information content (AvgIpc) is 3.61. The monoisotopic (exact) mass is 472 g/mol. The summed E-state index contributed by atoms with van der Waals surface area (Å²) < 4.78 is 87.2. The lowest BCUT2D eigenvalue weighted by Crippen LogP contribution is -2.07. The summed E-state index contributed by atoms with van der Waals surface area (Å²) in [6.45, 7) is 1.81. The fraction of sp³-hybridized carbons (Fsp3) is 0.400. The van der Waals surface area contributed by atoms with Crippen LogP contribution < -0.4 is 4.74 Å². The first-order valence-corrected chi connectivity index (χ1v) is 9.48. The molecule has 0 aliphatic carbocycles. The summed E-state index contributed by atoms with van der Waals surface area (Å²) in [7, 11) is 0. The van der Waals surface area contributed by atoms with Gasteiger partial charge in [-0.2, -0.15) is 26.3 Å². The van der Waals surface area contributed by atoms with Gasteiger partial charge in [0.2, 0.25) is 0 Å². The van der Waals surface area contributed by atoms with E-state index in [2.05, 4.69) is 0 Å². The molecule has 0 saturated carbocycles. The maximum absolute atomic E-state index is 12.3. The third kappa shape index (κ3) is 10.1. The van der Waals surface area contributed by atoms with E-state index in [4.69, 9.17) is 30.9 Å². The van der Waals surface area contributed by atoms with Crippen LogP contribution in [0.3, 0.4) is 0 Å². The highest BCUT2D eigenvalue weighted by Crippen LogP contribution is 2.32. The second-order valence-electron chi connectivity index (χ2n) is 6.45. The highest BCUT2D eigenvalue weighted by Gasteiger charge is 2.31. The molecule has 1 N–H and O–H groups in total. The van der Waals surface area contributed by atoms with Gasteiger partial charge in [-0.1, -0.05) is 12.1 Å². The third-order valence-corrected chi connectivity index (χ3v) is 4.09. The van der Waals surface area contributed by atoms with Gasteiger partial charge in [0.25, 0.3) is 0 Å². The third-order valence-electron chi connectivity index (χ3n) is 3.75. The number of ether oxygens (including phenoxy) is 3. The smallest absolute Gasteiger partial charge is 0.416 e. The standard InChI is InChI=1S/C10H9F3O2.C7H5F3O.C3H5ClO/c11-10(12,13)7-2-1-3-8(4-7)14-5-9-6-15-9;8-7(9,10)5-2-1-3-6(11)4-5;4-1-3-2-5-3/h1-4,9H,5-6H2;1-4,11H;3H,1-2H2. The fourth-order valence-electron chi connectivity index (χ4n) is 1.96. The van der Waals surface area contributed by atoms with Gasteiger partial charge in [-0.3, -0.25) is 0 Å². The molecule has 2 unspecified atom stereocenters. The SMILES string of the molecule is ClCC1CO1.FC(F)(F)c1cccc(OCC2CO2)c1.Oc1cccc(C(F)(F)F)c1. The number of hydrogen-bond acceptors (Lipinski definition) is 4. The minimum atomic E-state index is -4.38. The van der Waals surface area contributed by atoms with E-state index in [-0.39, 0.29) is 17.6 Å². The van der Waals surface area contributed by atoms with Crippen molar-refractivity contribution in [3.63, 3.8) is 0 Å². The van der Waals surface area contributed by atoms with E-state index in [1.165, 1.54) is 18.2 Å². The predicted molar refractivity (Wildman–Crippen MR) is 100 cm³/mol. The van der Waals surface area contributed by atoms with Crippen molar-refractivity contribution in [2.24, 2.45) is 0 Å². The highest BCUT2D eigenvalue weighted by atomic mass is 35.5. The summed E-state index contributed by atoms with van der Waals surface area (Å²) in [6, 6.07) is 8.75. The van der Waals surface area contributed by atoms with Crippen LogP contribution in [0, 0.1) is 0 Å². The number of benzene rings is 2. The summed E-state index contributed by atoms with van der Waals surface area (Å²) >= 11 is 5.27. The Kier molecular flexibility index (Phi) is 8.84. The van der Waals surface area contributed by atoms with Crippen molar-refractivity contribution in [2.45, 2.75) is 24.6 Å². The van der Waals surface area contributed by atoms with E-state index >= 15 is 0 Å². The topological polar surface area (TPSA) is 54.5 Å². The van der Waals surface area contributed by atoms with Crippen molar-refractivity contribution in [3.8, 4) is 11.5 Å². The molecule has 4 nitrogen and oxygen atoms in total. The zero-order chi connectivity index (χ0) is 23.1. The Labute approximate surface area is 179 Å². The van der Waals surface area contributed by atoms with Crippen molar-refractivity contribution in [1.29, 1.82) is 0 Å². The van der Waals surface area contributed by atoms with Gasteiger partial charge in [0.1, 0.15) is 24.2 Å². The fourth-order valence-corrected chi connectivity index (χ4v) is 2.13. The molecule has 172 valence electrons. The maximum Gasteiger partial charge on any atom is 0.416 e. The van der Waals surface area contributed by atoms with Crippen LogP contribution in [0.2, 0.25) is 0 Å². The van der Waals surface area contributed by atoms with Crippen molar-refractivity contribution >= 4 is 11.6 Å². The number of phenols is 1. The molecule has 2 aromatic carbocycles. The molecule has 2 heterocycles. The average molecular weight is 473 g/mol. The second kappa shape index (κ2) is 10.9. The molecular weight excluding hydrogens is 454 g/mol. The van der Waals surface area contributed by atoms with E-state index in [1.54, 1.807) is 0 Å². The molecule has 0 aromatic heterocycles. The van der Waals surface area contributed by atoms with Gasteiger partial charge in [0, 0.05) is 0 Å². The summed E-state index contributed by atoms with van der Waals surface area (Å²) in [5.41, 5.74) is -1.53. The molecule has 4 rings (SSSR count). The first-order chi connectivity index (χ1) is 14.5. The van der Waals surface area contributed by atoms with Crippen LogP contribution in [0.15, 0.2) is 48.5 Å². The minimum Gasteiger partial charge on any atom is -0.508 e. The molecule has 2 aliphatic heterocycles. The van der Waals surface area contributed by atoms with Crippen LogP contribution in [0.5, 0.6) is 11.5 Å². The lowest BCUT2D eigenvalue weighted by atomic mass is 10.2. The summed E-state index contributed by atoms with van der Waals surface area (Å²) in [5.74, 6) is 0.514. The van der Waals surface area contributed by atoms with Crippen LogP contribution in [0.25, 0.3) is 0 Å². The molecule has 11 heteroatoms. The molecule has 0 radical (unpaired) electrons. The number of epoxide rings is 2. The van der Waals surface area contributed by atoms with Gasteiger partial charge in [0.05, 0.1) is 36.3 Å². The minimum absolute atomic E-state index is 0.0412. The second-order valence-corrected chi connectivity index (χ2v) is 6.76. The highest BCUT2D eigenvalue weighted by molar-refractivity contribution is 6.18. The quantitative estimate of drug-likeness (QED) is 0.362. The Morgan fingerprint density at radius 2 is 1.39 bits per heavy atom. The molecular formula is C20H19ClF6O4.